The van der Waals surface area contributed by atoms with Gasteiger partial charge in [0.15, 0.2) is 11.8 Å². The number of hydrogen-bond donors (Lipinski definition) is 0. The maximum absolute atomic E-state index is 6.85. The van der Waals surface area contributed by atoms with Gasteiger partial charge in [-0.2, -0.15) is 0 Å². The lowest BCUT2D eigenvalue weighted by atomic mass is 9.73. The first kappa shape index (κ1) is 27.4. The number of ether oxygens (including phenoxy) is 2. The third-order valence-electron chi connectivity index (χ3n) is 8.69. The molecule has 0 unspecified atom stereocenters. The van der Waals surface area contributed by atoms with E-state index in [1.807, 2.05) is 0 Å². The lowest BCUT2D eigenvalue weighted by Gasteiger charge is -2.41. The Morgan fingerprint density at radius 2 is 0.892 bits per heavy atom. The predicted octanol–water partition coefficient (Wildman–Crippen LogP) is 7.56. The number of nitrogens with zero attached hydrogens (tertiary/aromatic N) is 2. The average molecular weight is 503 g/mol. The molecule has 37 heavy (non-hydrogen) atoms. The van der Waals surface area contributed by atoms with Crippen LogP contribution < -0.4 is 0 Å². The fourth-order valence-corrected chi connectivity index (χ4v) is 6.87. The van der Waals surface area contributed by atoms with E-state index in [2.05, 4.69) is 116 Å². The van der Waals surface area contributed by atoms with Gasteiger partial charge in [0.2, 0.25) is 0 Å². The molecule has 0 bridgehead atoms. The second-order valence-electron chi connectivity index (χ2n) is 12.2. The molecular formula is C33H46N2O2. The summed E-state index contributed by atoms with van der Waals surface area (Å²) >= 11 is 0. The van der Waals surface area contributed by atoms with Gasteiger partial charge >= 0.3 is 0 Å². The molecule has 0 spiro atoms. The van der Waals surface area contributed by atoms with E-state index in [-0.39, 0.29) is 23.3 Å². The van der Waals surface area contributed by atoms with E-state index in [9.17, 15) is 0 Å². The number of benzene rings is 2. The normalized spacial score (nSPS) is 22.4. The summed E-state index contributed by atoms with van der Waals surface area (Å²) < 4.78 is 13.7. The van der Waals surface area contributed by atoms with Gasteiger partial charge in [-0.1, -0.05) is 116 Å². The van der Waals surface area contributed by atoms with Crippen LogP contribution in [-0.4, -0.2) is 35.1 Å². The van der Waals surface area contributed by atoms with Gasteiger partial charge < -0.3 is 9.47 Å². The monoisotopic (exact) mass is 502 g/mol. The highest BCUT2D eigenvalue weighted by Gasteiger charge is 2.54. The molecule has 2 aliphatic heterocycles. The van der Waals surface area contributed by atoms with Crippen LogP contribution in [0.4, 0.5) is 0 Å². The maximum atomic E-state index is 6.85. The van der Waals surface area contributed by atoms with Crippen LogP contribution in [0.3, 0.4) is 0 Å². The zero-order chi connectivity index (χ0) is 26.8. The lowest BCUT2D eigenvalue weighted by molar-refractivity contribution is -0.0391. The summed E-state index contributed by atoms with van der Waals surface area (Å²) in [6.45, 7) is 18.1. The molecule has 0 saturated heterocycles. The topological polar surface area (TPSA) is 43.2 Å². The molecule has 2 heterocycles. The summed E-state index contributed by atoms with van der Waals surface area (Å²) in [5.74, 6) is 2.83. The lowest BCUT2D eigenvalue weighted by Crippen LogP contribution is -2.51. The van der Waals surface area contributed by atoms with Crippen LogP contribution in [0, 0.1) is 23.7 Å². The van der Waals surface area contributed by atoms with Crippen molar-refractivity contribution in [3.8, 4) is 0 Å². The summed E-state index contributed by atoms with van der Waals surface area (Å²) in [5.41, 5.74) is 1.90. The maximum Gasteiger partial charge on any atom is 0.193 e. The third kappa shape index (κ3) is 5.22. The first-order valence-electron chi connectivity index (χ1n) is 14.2. The molecule has 0 fully saturated rings. The van der Waals surface area contributed by atoms with Crippen LogP contribution in [0.5, 0.6) is 0 Å². The smallest absolute Gasteiger partial charge is 0.193 e. The van der Waals surface area contributed by atoms with Gasteiger partial charge in [-0.3, -0.25) is 0 Å². The molecule has 4 rings (SSSR count). The Labute approximate surface area is 224 Å². The molecule has 0 saturated carbocycles. The van der Waals surface area contributed by atoms with E-state index in [0.29, 0.717) is 30.1 Å². The minimum atomic E-state index is -0.346. The van der Waals surface area contributed by atoms with Crippen molar-refractivity contribution in [2.45, 2.75) is 97.9 Å². The zero-order valence-electron chi connectivity index (χ0n) is 24.1. The van der Waals surface area contributed by atoms with E-state index in [1.165, 1.54) is 11.1 Å². The number of rotatable bonds is 10. The van der Waals surface area contributed by atoms with E-state index in [4.69, 9.17) is 19.5 Å². The molecule has 0 aromatic heterocycles. The molecule has 2 atom stereocenters. The standard InChI is InChI=1S/C33H46N2O2/c1-22(2)32(23(3)4)28(19-26-15-11-9-12-16-26)34-30(36-32)21-31-35-29(20-27-17-13-10-14-18-27)33(37-31,24(5)6)25(7)8/h9-18,22-25,28-29H,19-21H2,1-8H3/t28-,29-/m1/s1. The van der Waals surface area contributed by atoms with Crippen molar-refractivity contribution < 1.29 is 9.47 Å². The summed E-state index contributed by atoms with van der Waals surface area (Å²) in [6, 6.07) is 21.4. The summed E-state index contributed by atoms with van der Waals surface area (Å²) in [4.78, 5) is 10.4. The quantitative estimate of drug-likeness (QED) is 0.336. The van der Waals surface area contributed by atoms with Crippen LogP contribution in [0.1, 0.15) is 72.9 Å². The summed E-state index contributed by atoms with van der Waals surface area (Å²) in [7, 11) is 0. The second kappa shape index (κ2) is 11.0. The summed E-state index contributed by atoms with van der Waals surface area (Å²) in [5, 5.41) is 0. The van der Waals surface area contributed by atoms with Gasteiger partial charge in [-0.05, 0) is 47.6 Å². The second-order valence-corrected chi connectivity index (χ2v) is 12.2. The molecule has 200 valence electrons. The van der Waals surface area contributed by atoms with Crippen LogP contribution in [-0.2, 0) is 22.3 Å². The fraction of sp³-hybridized carbons (Fsp3) is 0.576. The molecule has 2 aromatic carbocycles. The van der Waals surface area contributed by atoms with Crippen molar-refractivity contribution in [1.82, 2.24) is 0 Å². The van der Waals surface area contributed by atoms with Gasteiger partial charge in [0, 0.05) is 0 Å². The van der Waals surface area contributed by atoms with E-state index in [1.54, 1.807) is 0 Å². The molecule has 0 radical (unpaired) electrons. The number of aliphatic imine (C=N–C) groups is 2. The van der Waals surface area contributed by atoms with Crippen molar-refractivity contribution in [1.29, 1.82) is 0 Å². The Bertz CT molecular complexity index is 982. The minimum Gasteiger partial charge on any atom is -0.471 e. The molecule has 4 heteroatoms. The van der Waals surface area contributed by atoms with Crippen molar-refractivity contribution >= 4 is 11.8 Å². The highest BCUT2D eigenvalue weighted by molar-refractivity contribution is 5.99. The van der Waals surface area contributed by atoms with Crippen molar-refractivity contribution in [2.75, 3.05) is 0 Å². The molecular weight excluding hydrogens is 456 g/mol. The van der Waals surface area contributed by atoms with Gasteiger partial charge in [-0.15, -0.1) is 0 Å². The molecule has 0 N–H and O–H groups in total. The Kier molecular flexibility index (Phi) is 8.16. The molecule has 0 aliphatic carbocycles. The average Bonchev–Trinajstić information content (AvgIpc) is 3.40. The van der Waals surface area contributed by atoms with E-state index >= 15 is 0 Å². The van der Waals surface area contributed by atoms with Crippen molar-refractivity contribution in [3.05, 3.63) is 71.8 Å². The van der Waals surface area contributed by atoms with Crippen LogP contribution in [0.15, 0.2) is 70.6 Å². The summed E-state index contributed by atoms with van der Waals surface area (Å²) in [6.07, 6.45) is 2.25. The van der Waals surface area contributed by atoms with Gasteiger partial charge in [0.25, 0.3) is 0 Å². The molecule has 0 amide bonds. The number of hydrogen-bond acceptors (Lipinski definition) is 4. The van der Waals surface area contributed by atoms with Gasteiger partial charge in [0.1, 0.15) is 11.2 Å². The van der Waals surface area contributed by atoms with Gasteiger partial charge in [0.05, 0.1) is 18.5 Å². The molecule has 4 nitrogen and oxygen atoms in total. The highest BCUT2D eigenvalue weighted by Crippen LogP contribution is 2.44. The van der Waals surface area contributed by atoms with Crippen LogP contribution in [0.2, 0.25) is 0 Å². The first-order chi connectivity index (χ1) is 17.6. The van der Waals surface area contributed by atoms with Crippen molar-refractivity contribution in [2.24, 2.45) is 33.7 Å². The highest BCUT2D eigenvalue weighted by atomic mass is 16.5. The van der Waals surface area contributed by atoms with Gasteiger partial charge in [-0.25, -0.2) is 9.98 Å². The fourth-order valence-electron chi connectivity index (χ4n) is 6.87. The van der Waals surface area contributed by atoms with Crippen LogP contribution >= 0.6 is 0 Å². The van der Waals surface area contributed by atoms with E-state index < -0.39 is 0 Å². The largest absolute Gasteiger partial charge is 0.471 e. The molecule has 2 aliphatic rings. The Hall–Kier alpha value is -2.62. The first-order valence-corrected chi connectivity index (χ1v) is 14.2. The Balaban J connectivity index is 1.63. The van der Waals surface area contributed by atoms with E-state index in [0.717, 1.165) is 24.6 Å². The SMILES string of the molecule is CC(C)C1(C(C)C)OC(CC2=N[C@H](Cc3ccccc3)C(C(C)C)(C(C)C)O2)=N[C@@H]1Cc1ccccc1. The van der Waals surface area contributed by atoms with Crippen molar-refractivity contribution in [3.63, 3.8) is 0 Å². The van der Waals surface area contributed by atoms with Crippen LogP contribution in [0.25, 0.3) is 0 Å². The Morgan fingerprint density at radius 1 is 0.568 bits per heavy atom. The predicted molar refractivity (Wildman–Crippen MR) is 154 cm³/mol. The third-order valence-corrected chi connectivity index (χ3v) is 8.69. The molecule has 2 aromatic rings. The Morgan fingerprint density at radius 3 is 1.19 bits per heavy atom. The zero-order valence-corrected chi connectivity index (χ0v) is 24.1. The minimum absolute atomic E-state index is 0.0620.